The van der Waals surface area contributed by atoms with E-state index in [1.54, 1.807) is 7.11 Å². The smallest absolute Gasteiger partial charge is 0.347 e. The number of likely N-dealkylation sites (tertiary alicyclic amines) is 1. The minimum Gasteiger partial charge on any atom is -0.463 e. The van der Waals surface area contributed by atoms with E-state index in [1.165, 1.54) is 0 Å². The van der Waals surface area contributed by atoms with Gasteiger partial charge in [0.05, 0.1) is 6.61 Å². The Labute approximate surface area is 161 Å². The number of ether oxygens (including phenoxy) is 2. The second-order valence-corrected chi connectivity index (χ2v) is 6.63. The van der Waals surface area contributed by atoms with Gasteiger partial charge in [0, 0.05) is 19.6 Å². The summed E-state index contributed by atoms with van der Waals surface area (Å²) in [7, 11) is 3.65. The predicted molar refractivity (Wildman–Crippen MR) is 104 cm³/mol. The molecule has 1 heterocycles. The molecule has 1 saturated heterocycles. The zero-order valence-corrected chi connectivity index (χ0v) is 16.1. The monoisotopic (exact) mass is 375 g/mol. The van der Waals surface area contributed by atoms with Crippen LogP contribution in [0.4, 0.5) is 0 Å². The fourth-order valence-corrected chi connectivity index (χ4v) is 3.52. The van der Waals surface area contributed by atoms with Crippen molar-refractivity contribution in [3.05, 3.63) is 71.8 Å². The van der Waals surface area contributed by atoms with Crippen LogP contribution in [-0.4, -0.2) is 44.7 Å². The summed E-state index contributed by atoms with van der Waals surface area (Å²) in [6.07, 6.45) is 1.06. The SMILES string of the molecule is COC(C(=O)OCC1CCN(C)C1)(c1ccccc1)c1ccccc1.Cl. The minimum absolute atomic E-state index is 0. The number of halogens is 1. The minimum atomic E-state index is -1.24. The normalized spacial score (nSPS) is 17.5. The zero-order valence-electron chi connectivity index (χ0n) is 15.3. The van der Waals surface area contributed by atoms with E-state index in [-0.39, 0.29) is 18.4 Å². The molecule has 0 N–H and O–H groups in total. The molecule has 0 aromatic heterocycles. The number of rotatable bonds is 6. The lowest BCUT2D eigenvalue weighted by Gasteiger charge is -2.31. The van der Waals surface area contributed by atoms with E-state index in [9.17, 15) is 4.79 Å². The van der Waals surface area contributed by atoms with E-state index >= 15 is 0 Å². The van der Waals surface area contributed by atoms with Gasteiger partial charge in [-0.1, -0.05) is 60.7 Å². The Morgan fingerprint density at radius 1 is 1.08 bits per heavy atom. The van der Waals surface area contributed by atoms with Crippen molar-refractivity contribution in [2.24, 2.45) is 5.92 Å². The topological polar surface area (TPSA) is 38.8 Å². The molecule has 0 radical (unpaired) electrons. The molecule has 5 heteroatoms. The van der Waals surface area contributed by atoms with E-state index in [0.29, 0.717) is 12.5 Å². The van der Waals surface area contributed by atoms with Gasteiger partial charge < -0.3 is 14.4 Å². The molecule has 2 aromatic rings. The quantitative estimate of drug-likeness (QED) is 0.724. The molecule has 3 rings (SSSR count). The molecule has 1 atom stereocenters. The highest BCUT2D eigenvalue weighted by Crippen LogP contribution is 2.35. The van der Waals surface area contributed by atoms with Gasteiger partial charge in [0.2, 0.25) is 5.60 Å². The molecule has 1 aliphatic heterocycles. The van der Waals surface area contributed by atoms with Crippen LogP contribution in [0.3, 0.4) is 0 Å². The third-order valence-corrected chi connectivity index (χ3v) is 4.89. The van der Waals surface area contributed by atoms with Gasteiger partial charge in [0.15, 0.2) is 0 Å². The summed E-state index contributed by atoms with van der Waals surface area (Å²) in [6, 6.07) is 19.1. The molecule has 1 aliphatic rings. The van der Waals surface area contributed by atoms with Crippen molar-refractivity contribution in [1.29, 1.82) is 0 Å². The third kappa shape index (κ3) is 4.09. The van der Waals surface area contributed by atoms with Crippen LogP contribution in [0.25, 0.3) is 0 Å². The first-order valence-electron chi connectivity index (χ1n) is 8.69. The van der Waals surface area contributed by atoms with Crippen LogP contribution in [0.1, 0.15) is 17.5 Å². The van der Waals surface area contributed by atoms with Crippen LogP contribution in [0.15, 0.2) is 60.7 Å². The van der Waals surface area contributed by atoms with Gasteiger partial charge in [0.25, 0.3) is 0 Å². The Morgan fingerprint density at radius 2 is 1.62 bits per heavy atom. The average Bonchev–Trinajstić information content (AvgIpc) is 3.08. The summed E-state index contributed by atoms with van der Waals surface area (Å²) < 4.78 is 11.6. The molecule has 0 spiro atoms. The van der Waals surface area contributed by atoms with Crippen LogP contribution in [0, 0.1) is 5.92 Å². The Bertz CT molecular complexity index is 653. The van der Waals surface area contributed by atoms with Crippen molar-refractivity contribution in [2.45, 2.75) is 12.0 Å². The van der Waals surface area contributed by atoms with Crippen LogP contribution in [-0.2, 0) is 19.9 Å². The Kier molecular flexibility index (Phi) is 7.21. The van der Waals surface area contributed by atoms with E-state index in [2.05, 4.69) is 11.9 Å². The lowest BCUT2D eigenvalue weighted by molar-refractivity contribution is -0.166. The van der Waals surface area contributed by atoms with Crippen LogP contribution < -0.4 is 0 Å². The van der Waals surface area contributed by atoms with Crippen LogP contribution in [0.2, 0.25) is 0 Å². The fraction of sp³-hybridized carbons (Fsp3) is 0.381. The Hall–Kier alpha value is -1.88. The summed E-state index contributed by atoms with van der Waals surface area (Å²) in [4.78, 5) is 15.4. The lowest BCUT2D eigenvalue weighted by atomic mass is 9.86. The summed E-state index contributed by atoms with van der Waals surface area (Å²) in [5.41, 5.74) is 0.307. The van der Waals surface area contributed by atoms with Crippen molar-refractivity contribution in [3.8, 4) is 0 Å². The van der Waals surface area contributed by atoms with Gasteiger partial charge in [-0.15, -0.1) is 12.4 Å². The third-order valence-electron chi connectivity index (χ3n) is 4.89. The van der Waals surface area contributed by atoms with E-state index in [4.69, 9.17) is 9.47 Å². The average molecular weight is 376 g/mol. The number of hydrogen-bond donors (Lipinski definition) is 0. The number of nitrogens with zero attached hydrogens (tertiary/aromatic N) is 1. The van der Waals surface area contributed by atoms with E-state index in [1.807, 2.05) is 60.7 Å². The standard InChI is InChI=1S/C21H25NO3.ClH/c1-22-14-13-17(15-22)16-25-20(23)21(24-2,18-9-5-3-6-10-18)19-11-7-4-8-12-19;/h3-12,17H,13-16H2,1-2H3;1H. The molecular formula is C21H26ClNO3. The Morgan fingerprint density at radius 3 is 2.04 bits per heavy atom. The molecular weight excluding hydrogens is 350 g/mol. The lowest BCUT2D eigenvalue weighted by Crippen LogP contribution is -2.41. The van der Waals surface area contributed by atoms with Crippen molar-refractivity contribution in [2.75, 3.05) is 33.9 Å². The summed E-state index contributed by atoms with van der Waals surface area (Å²) in [5, 5.41) is 0. The molecule has 4 nitrogen and oxygen atoms in total. The van der Waals surface area contributed by atoms with Crippen molar-refractivity contribution in [3.63, 3.8) is 0 Å². The van der Waals surface area contributed by atoms with Gasteiger partial charge in [-0.25, -0.2) is 4.79 Å². The first-order valence-corrected chi connectivity index (χ1v) is 8.69. The molecule has 0 aliphatic carbocycles. The molecule has 0 bridgehead atoms. The summed E-state index contributed by atoms with van der Waals surface area (Å²) in [5.74, 6) is 0.0250. The maximum absolute atomic E-state index is 13.2. The molecule has 2 aromatic carbocycles. The van der Waals surface area contributed by atoms with Crippen LogP contribution in [0.5, 0.6) is 0 Å². The molecule has 1 fully saturated rings. The first-order chi connectivity index (χ1) is 12.2. The van der Waals surface area contributed by atoms with Gasteiger partial charge >= 0.3 is 5.97 Å². The van der Waals surface area contributed by atoms with E-state index in [0.717, 1.165) is 30.6 Å². The highest BCUT2D eigenvalue weighted by molar-refractivity contribution is 5.86. The summed E-state index contributed by atoms with van der Waals surface area (Å²) in [6.45, 7) is 2.44. The second kappa shape index (κ2) is 9.17. The highest BCUT2D eigenvalue weighted by atomic mass is 35.5. The zero-order chi connectivity index (χ0) is 17.7. The number of carbonyl (C=O) groups is 1. The number of methoxy groups -OCH3 is 1. The number of hydrogen-bond acceptors (Lipinski definition) is 4. The molecule has 140 valence electrons. The number of carbonyl (C=O) groups excluding carboxylic acids is 1. The van der Waals surface area contributed by atoms with Gasteiger partial charge in [-0.3, -0.25) is 0 Å². The highest BCUT2D eigenvalue weighted by Gasteiger charge is 2.44. The van der Waals surface area contributed by atoms with Gasteiger partial charge in [-0.2, -0.15) is 0 Å². The second-order valence-electron chi connectivity index (χ2n) is 6.63. The van der Waals surface area contributed by atoms with Crippen LogP contribution >= 0.6 is 12.4 Å². The van der Waals surface area contributed by atoms with Crippen molar-refractivity contribution >= 4 is 18.4 Å². The number of benzene rings is 2. The maximum Gasteiger partial charge on any atom is 0.347 e. The van der Waals surface area contributed by atoms with E-state index < -0.39 is 5.60 Å². The predicted octanol–water partition coefficient (Wildman–Crippen LogP) is 3.49. The molecule has 26 heavy (non-hydrogen) atoms. The maximum atomic E-state index is 13.2. The van der Waals surface area contributed by atoms with Crippen molar-refractivity contribution in [1.82, 2.24) is 4.90 Å². The van der Waals surface area contributed by atoms with Crippen molar-refractivity contribution < 1.29 is 14.3 Å². The largest absolute Gasteiger partial charge is 0.463 e. The van der Waals surface area contributed by atoms with Gasteiger partial charge in [-0.05, 0) is 31.1 Å². The molecule has 1 unspecified atom stereocenters. The summed E-state index contributed by atoms with van der Waals surface area (Å²) >= 11 is 0. The van der Waals surface area contributed by atoms with Gasteiger partial charge in [0.1, 0.15) is 0 Å². The molecule has 0 amide bonds. The Balaban J connectivity index is 0.00000243. The fourth-order valence-electron chi connectivity index (χ4n) is 3.52. The first kappa shape index (κ1) is 20.4. The number of esters is 1. The molecule has 0 saturated carbocycles.